The number of hydrogen-bond donors (Lipinski definition) is 1. The number of nitrogens with zero attached hydrogens (tertiary/aromatic N) is 1. The molecule has 1 aliphatic carbocycles. The van der Waals surface area contributed by atoms with Gasteiger partial charge >= 0.3 is 0 Å². The van der Waals surface area contributed by atoms with Crippen LogP contribution in [0, 0.1) is 17.8 Å². The van der Waals surface area contributed by atoms with Gasteiger partial charge < -0.3 is 5.11 Å². The molecule has 3 rings (SSSR count). The maximum absolute atomic E-state index is 9.19. The van der Waals surface area contributed by atoms with Crippen LogP contribution in [0.2, 0.25) is 0 Å². The van der Waals surface area contributed by atoms with Gasteiger partial charge in [0.05, 0.1) is 0 Å². The Morgan fingerprint density at radius 3 is 2.62 bits per heavy atom. The SMILES string of the molecule is C[C@@H]1[C@@H]2[C@@H](CO)[C@@H]2CN1Cc1ccccc1. The molecule has 1 aliphatic heterocycles. The van der Waals surface area contributed by atoms with E-state index in [0.717, 1.165) is 18.4 Å². The molecule has 0 spiro atoms. The van der Waals surface area contributed by atoms with Crippen molar-refractivity contribution in [2.24, 2.45) is 17.8 Å². The molecule has 0 radical (unpaired) electrons. The quantitative estimate of drug-likeness (QED) is 0.833. The van der Waals surface area contributed by atoms with Crippen molar-refractivity contribution in [1.82, 2.24) is 4.90 Å². The molecule has 2 fully saturated rings. The lowest BCUT2D eigenvalue weighted by Crippen LogP contribution is -2.32. The van der Waals surface area contributed by atoms with Crippen molar-refractivity contribution in [3.63, 3.8) is 0 Å². The molecule has 86 valence electrons. The van der Waals surface area contributed by atoms with Crippen LogP contribution in [0.15, 0.2) is 30.3 Å². The van der Waals surface area contributed by atoms with Gasteiger partial charge in [-0.2, -0.15) is 0 Å². The molecule has 0 unspecified atom stereocenters. The highest BCUT2D eigenvalue weighted by Gasteiger charge is 2.58. The zero-order chi connectivity index (χ0) is 11.1. The highest BCUT2D eigenvalue weighted by atomic mass is 16.3. The second-order valence-electron chi connectivity index (χ2n) is 5.24. The average Bonchev–Trinajstić information content (AvgIpc) is 2.92. The molecule has 1 heterocycles. The van der Waals surface area contributed by atoms with E-state index in [2.05, 4.69) is 42.2 Å². The van der Waals surface area contributed by atoms with Crippen molar-refractivity contribution in [2.75, 3.05) is 13.2 Å². The third kappa shape index (κ3) is 1.57. The summed E-state index contributed by atoms with van der Waals surface area (Å²) < 4.78 is 0. The molecular formula is C14H19NO. The van der Waals surface area contributed by atoms with Gasteiger partial charge in [0.1, 0.15) is 0 Å². The first-order valence-electron chi connectivity index (χ1n) is 6.20. The van der Waals surface area contributed by atoms with Crippen LogP contribution in [0.1, 0.15) is 12.5 Å². The van der Waals surface area contributed by atoms with Gasteiger partial charge in [-0.3, -0.25) is 4.90 Å². The summed E-state index contributed by atoms with van der Waals surface area (Å²) in [5.41, 5.74) is 1.40. The Bertz CT molecular complexity index is 364. The third-order valence-corrected chi connectivity index (χ3v) is 4.42. The van der Waals surface area contributed by atoms with Crippen molar-refractivity contribution >= 4 is 0 Å². The number of piperidine rings is 1. The smallest absolute Gasteiger partial charge is 0.0465 e. The minimum Gasteiger partial charge on any atom is -0.396 e. The number of fused-ring (bicyclic) bond motifs is 1. The Hall–Kier alpha value is -0.860. The first kappa shape index (κ1) is 10.3. The summed E-state index contributed by atoms with van der Waals surface area (Å²) in [6.07, 6.45) is 0. The summed E-state index contributed by atoms with van der Waals surface area (Å²) in [5, 5.41) is 9.19. The van der Waals surface area contributed by atoms with E-state index in [0.29, 0.717) is 18.6 Å². The summed E-state index contributed by atoms with van der Waals surface area (Å²) in [7, 11) is 0. The zero-order valence-electron chi connectivity index (χ0n) is 9.71. The van der Waals surface area contributed by atoms with Gasteiger partial charge in [-0.15, -0.1) is 0 Å². The van der Waals surface area contributed by atoms with Crippen molar-refractivity contribution in [3.8, 4) is 0 Å². The normalized spacial score (nSPS) is 37.4. The van der Waals surface area contributed by atoms with Crippen LogP contribution in [0.3, 0.4) is 0 Å². The van der Waals surface area contributed by atoms with Crippen LogP contribution in [0.25, 0.3) is 0 Å². The van der Waals surface area contributed by atoms with Crippen LogP contribution in [-0.4, -0.2) is 29.2 Å². The number of aliphatic hydroxyl groups excluding tert-OH is 1. The molecule has 1 saturated heterocycles. The van der Waals surface area contributed by atoms with Gasteiger partial charge in [0.2, 0.25) is 0 Å². The first-order valence-corrected chi connectivity index (χ1v) is 6.20. The Labute approximate surface area is 96.9 Å². The molecular weight excluding hydrogens is 198 g/mol. The molecule has 0 bridgehead atoms. The second-order valence-corrected chi connectivity index (χ2v) is 5.24. The molecule has 1 saturated carbocycles. The first-order chi connectivity index (χ1) is 7.81. The zero-order valence-corrected chi connectivity index (χ0v) is 9.71. The lowest BCUT2D eigenvalue weighted by Gasteiger charge is -2.25. The fraction of sp³-hybridized carbons (Fsp3) is 0.571. The fourth-order valence-corrected chi connectivity index (χ4v) is 3.41. The summed E-state index contributed by atoms with van der Waals surface area (Å²) >= 11 is 0. The summed E-state index contributed by atoms with van der Waals surface area (Å²) in [5.74, 6) is 2.12. The molecule has 0 aromatic heterocycles. The number of likely N-dealkylation sites (tertiary alicyclic amines) is 1. The van der Waals surface area contributed by atoms with Gasteiger partial charge in [0, 0.05) is 25.7 Å². The van der Waals surface area contributed by atoms with Crippen LogP contribution >= 0.6 is 0 Å². The number of hydrogen-bond acceptors (Lipinski definition) is 2. The largest absolute Gasteiger partial charge is 0.396 e. The molecule has 1 N–H and O–H groups in total. The second kappa shape index (κ2) is 3.86. The Balaban J connectivity index is 1.63. The minimum atomic E-state index is 0.388. The van der Waals surface area contributed by atoms with Gasteiger partial charge in [0.15, 0.2) is 0 Å². The van der Waals surface area contributed by atoms with Crippen molar-refractivity contribution < 1.29 is 5.11 Å². The van der Waals surface area contributed by atoms with Gasteiger partial charge in [-0.1, -0.05) is 30.3 Å². The maximum atomic E-state index is 9.19. The average molecular weight is 217 g/mol. The lowest BCUT2D eigenvalue weighted by atomic mass is 10.1. The molecule has 4 atom stereocenters. The van der Waals surface area contributed by atoms with E-state index >= 15 is 0 Å². The number of benzene rings is 1. The van der Waals surface area contributed by atoms with E-state index in [1.807, 2.05) is 0 Å². The molecule has 1 aromatic carbocycles. The third-order valence-electron chi connectivity index (χ3n) is 4.42. The predicted molar refractivity (Wildman–Crippen MR) is 63.9 cm³/mol. The standard InChI is InChI=1S/C14H19NO/c1-10-14-12(13(14)9-16)8-15(10)7-11-5-3-2-4-6-11/h2-6,10,12-14,16H,7-9H2,1H3/t10-,12+,13+,14+/m1/s1. The molecule has 16 heavy (non-hydrogen) atoms. The van der Waals surface area contributed by atoms with Gasteiger partial charge in [0.25, 0.3) is 0 Å². The Morgan fingerprint density at radius 1 is 1.31 bits per heavy atom. The molecule has 2 aliphatic rings. The van der Waals surface area contributed by atoms with Crippen LogP contribution in [-0.2, 0) is 6.54 Å². The Kier molecular flexibility index (Phi) is 2.49. The minimum absolute atomic E-state index is 0.388. The number of rotatable bonds is 3. The monoisotopic (exact) mass is 217 g/mol. The summed E-state index contributed by atoms with van der Waals surface area (Å²) in [6.45, 7) is 4.93. The van der Waals surface area contributed by atoms with Gasteiger partial charge in [-0.25, -0.2) is 0 Å². The number of aliphatic hydroxyl groups is 1. The van der Waals surface area contributed by atoms with Crippen LogP contribution < -0.4 is 0 Å². The lowest BCUT2D eigenvalue weighted by molar-refractivity contribution is 0.177. The van der Waals surface area contributed by atoms with E-state index in [4.69, 9.17) is 0 Å². The maximum Gasteiger partial charge on any atom is 0.0465 e. The van der Waals surface area contributed by atoms with Gasteiger partial charge in [-0.05, 0) is 30.2 Å². The van der Waals surface area contributed by atoms with Crippen molar-refractivity contribution in [2.45, 2.75) is 19.5 Å². The fourth-order valence-electron chi connectivity index (χ4n) is 3.41. The van der Waals surface area contributed by atoms with E-state index < -0.39 is 0 Å². The van der Waals surface area contributed by atoms with E-state index in [1.165, 1.54) is 12.1 Å². The molecule has 1 aromatic rings. The topological polar surface area (TPSA) is 23.5 Å². The Morgan fingerprint density at radius 2 is 2.06 bits per heavy atom. The van der Waals surface area contributed by atoms with E-state index in [9.17, 15) is 5.11 Å². The molecule has 2 heteroatoms. The summed E-state index contributed by atoms with van der Waals surface area (Å²) in [4.78, 5) is 2.55. The highest BCUT2D eigenvalue weighted by molar-refractivity contribution is 5.17. The highest BCUT2D eigenvalue weighted by Crippen LogP contribution is 2.55. The summed E-state index contributed by atoms with van der Waals surface area (Å²) in [6, 6.07) is 11.3. The molecule has 0 amide bonds. The van der Waals surface area contributed by atoms with Crippen LogP contribution in [0.5, 0.6) is 0 Å². The molecule has 2 nitrogen and oxygen atoms in total. The predicted octanol–water partition coefficient (Wildman–Crippen LogP) is 1.75. The van der Waals surface area contributed by atoms with Crippen molar-refractivity contribution in [1.29, 1.82) is 0 Å². The van der Waals surface area contributed by atoms with Crippen molar-refractivity contribution in [3.05, 3.63) is 35.9 Å². The van der Waals surface area contributed by atoms with Crippen LogP contribution in [0.4, 0.5) is 0 Å². The van der Waals surface area contributed by atoms with E-state index in [-0.39, 0.29) is 0 Å². The van der Waals surface area contributed by atoms with E-state index in [1.54, 1.807) is 0 Å².